The smallest absolute Gasteiger partial charge is 0.263 e. The van der Waals surface area contributed by atoms with Gasteiger partial charge in [-0.05, 0) is 35.9 Å². The largest absolute Gasteiger partial charge is 0.278 e. The molecule has 13 heavy (non-hydrogen) atoms. The molecule has 0 aromatic carbocycles. The molecular weight excluding hydrogens is 244 g/mol. The fraction of sp³-hybridized carbons (Fsp3) is 0.667. The maximum absolute atomic E-state index is 10.4. The van der Waals surface area contributed by atoms with Crippen LogP contribution in [-0.4, -0.2) is 14.8 Å². The summed E-state index contributed by atoms with van der Waals surface area (Å²) in [5, 5.41) is 20.7. The van der Waals surface area contributed by atoms with Gasteiger partial charge in [0.2, 0.25) is 0 Å². The van der Waals surface area contributed by atoms with Gasteiger partial charge in [-0.15, -0.1) is 0 Å². The molecule has 0 aromatic rings. The SMILES string of the molecule is C/C=C(/C(C)C(Br)[N+](=O)[O-])[N+](=O)[O-]. The van der Waals surface area contributed by atoms with Crippen LogP contribution >= 0.6 is 15.9 Å². The molecule has 7 heteroatoms. The van der Waals surface area contributed by atoms with Gasteiger partial charge in [0.15, 0.2) is 0 Å². The number of rotatable bonds is 4. The van der Waals surface area contributed by atoms with Gasteiger partial charge in [0.05, 0.1) is 4.92 Å². The second kappa shape index (κ2) is 4.90. The summed E-state index contributed by atoms with van der Waals surface area (Å²) in [6.07, 6.45) is 1.27. The quantitative estimate of drug-likeness (QED) is 0.331. The van der Waals surface area contributed by atoms with Crippen molar-refractivity contribution in [2.24, 2.45) is 5.92 Å². The van der Waals surface area contributed by atoms with Gasteiger partial charge in [-0.1, -0.05) is 0 Å². The number of hydrogen-bond donors (Lipinski definition) is 0. The van der Waals surface area contributed by atoms with Crippen molar-refractivity contribution >= 4 is 15.9 Å². The number of halogens is 1. The summed E-state index contributed by atoms with van der Waals surface area (Å²) in [7, 11) is 0. The first-order valence-corrected chi connectivity index (χ1v) is 4.41. The summed E-state index contributed by atoms with van der Waals surface area (Å²) in [6.45, 7) is 2.91. The summed E-state index contributed by atoms with van der Waals surface area (Å²) >= 11 is 2.77. The molecule has 0 aliphatic carbocycles. The molecule has 2 atom stereocenters. The second-order valence-corrected chi connectivity index (χ2v) is 3.36. The fourth-order valence-corrected chi connectivity index (χ4v) is 1.13. The van der Waals surface area contributed by atoms with Crippen LogP contribution in [0.25, 0.3) is 0 Å². The minimum Gasteiger partial charge on any atom is -0.263 e. The average Bonchev–Trinajstić information content (AvgIpc) is 2.03. The molecule has 0 saturated heterocycles. The molecule has 0 radical (unpaired) electrons. The highest BCUT2D eigenvalue weighted by molar-refractivity contribution is 9.09. The molecule has 0 aliphatic rings. The Bertz CT molecular complexity index is 253. The van der Waals surface area contributed by atoms with Crippen LogP contribution < -0.4 is 0 Å². The standard InChI is InChI=1S/C6H9BrN2O4/c1-3-5(8(10)11)4(2)6(7)9(12)13/h3-4,6H,1-2H3/b5-3-. The Hall–Kier alpha value is -0.980. The Labute approximate surface area is 83.0 Å². The van der Waals surface area contributed by atoms with Crippen LogP contribution in [0.2, 0.25) is 0 Å². The lowest BCUT2D eigenvalue weighted by Crippen LogP contribution is -2.25. The van der Waals surface area contributed by atoms with E-state index in [1.807, 2.05) is 0 Å². The topological polar surface area (TPSA) is 86.3 Å². The van der Waals surface area contributed by atoms with Crippen LogP contribution in [0.15, 0.2) is 11.8 Å². The molecule has 74 valence electrons. The molecule has 0 rings (SSSR count). The van der Waals surface area contributed by atoms with Crippen molar-refractivity contribution in [1.82, 2.24) is 0 Å². The monoisotopic (exact) mass is 252 g/mol. The highest BCUT2D eigenvalue weighted by Crippen LogP contribution is 2.21. The highest BCUT2D eigenvalue weighted by Gasteiger charge is 2.33. The zero-order chi connectivity index (χ0) is 10.6. The molecule has 0 fully saturated rings. The van der Waals surface area contributed by atoms with Crippen LogP contribution in [0.1, 0.15) is 13.8 Å². The van der Waals surface area contributed by atoms with Gasteiger partial charge in [-0.2, -0.15) is 0 Å². The summed E-state index contributed by atoms with van der Waals surface area (Å²) in [5.74, 6) is -0.755. The van der Waals surface area contributed by atoms with Crippen LogP contribution in [-0.2, 0) is 0 Å². The van der Waals surface area contributed by atoms with Crippen LogP contribution in [0.3, 0.4) is 0 Å². The first-order chi connectivity index (χ1) is 5.91. The summed E-state index contributed by atoms with van der Waals surface area (Å²) in [4.78, 5) is 18.4. The Morgan fingerprint density at radius 1 is 1.46 bits per heavy atom. The van der Waals surface area contributed by atoms with E-state index in [1.54, 1.807) is 0 Å². The minimum atomic E-state index is -1.12. The van der Waals surface area contributed by atoms with Gasteiger partial charge in [0.1, 0.15) is 5.92 Å². The number of nitro groups is 2. The number of alkyl halides is 1. The lowest BCUT2D eigenvalue weighted by atomic mass is 10.1. The fourth-order valence-electron chi connectivity index (χ4n) is 0.858. The van der Waals surface area contributed by atoms with Gasteiger partial charge in [-0.3, -0.25) is 20.2 Å². The predicted molar refractivity (Wildman–Crippen MR) is 49.6 cm³/mol. The highest BCUT2D eigenvalue weighted by atomic mass is 79.9. The number of allylic oxidation sites excluding steroid dienone is 1. The van der Waals surface area contributed by atoms with E-state index in [9.17, 15) is 20.2 Å². The molecule has 0 bridgehead atoms. The van der Waals surface area contributed by atoms with Gasteiger partial charge >= 0.3 is 0 Å². The summed E-state index contributed by atoms with van der Waals surface area (Å²) < 4.78 is 0. The zero-order valence-electron chi connectivity index (χ0n) is 7.14. The van der Waals surface area contributed by atoms with E-state index >= 15 is 0 Å². The van der Waals surface area contributed by atoms with Crippen molar-refractivity contribution in [3.05, 3.63) is 32.0 Å². The molecule has 0 saturated carbocycles. The van der Waals surface area contributed by atoms with E-state index < -0.39 is 20.7 Å². The molecule has 6 nitrogen and oxygen atoms in total. The van der Waals surface area contributed by atoms with Crippen molar-refractivity contribution in [2.45, 2.75) is 18.8 Å². The van der Waals surface area contributed by atoms with Gasteiger partial charge in [-0.25, -0.2) is 0 Å². The van der Waals surface area contributed by atoms with E-state index in [2.05, 4.69) is 15.9 Å². The molecule has 2 unspecified atom stereocenters. The Kier molecular flexibility index (Phi) is 4.53. The first kappa shape index (κ1) is 12.0. The zero-order valence-corrected chi connectivity index (χ0v) is 8.72. The third kappa shape index (κ3) is 3.10. The van der Waals surface area contributed by atoms with Gasteiger partial charge < -0.3 is 0 Å². The van der Waals surface area contributed by atoms with Crippen molar-refractivity contribution in [3.63, 3.8) is 0 Å². The normalized spacial score (nSPS) is 16.4. The molecule has 0 aromatic heterocycles. The van der Waals surface area contributed by atoms with Crippen molar-refractivity contribution in [2.75, 3.05) is 0 Å². The average molecular weight is 253 g/mol. The molecule has 0 amide bonds. The molecule has 0 N–H and O–H groups in total. The Balaban J connectivity index is 4.66. The van der Waals surface area contributed by atoms with Crippen molar-refractivity contribution in [3.8, 4) is 0 Å². The summed E-state index contributed by atoms with van der Waals surface area (Å²) in [5.41, 5.74) is -0.154. The van der Waals surface area contributed by atoms with Crippen molar-refractivity contribution in [1.29, 1.82) is 0 Å². The van der Waals surface area contributed by atoms with E-state index in [-0.39, 0.29) is 5.70 Å². The lowest BCUT2D eigenvalue weighted by molar-refractivity contribution is -0.511. The van der Waals surface area contributed by atoms with E-state index in [0.717, 1.165) is 0 Å². The maximum Gasteiger partial charge on any atom is 0.278 e. The predicted octanol–water partition coefficient (Wildman–Crippen LogP) is 1.80. The van der Waals surface area contributed by atoms with Gasteiger partial charge in [0, 0.05) is 4.92 Å². The van der Waals surface area contributed by atoms with E-state index in [1.165, 1.54) is 19.9 Å². The molecule has 0 spiro atoms. The van der Waals surface area contributed by atoms with Gasteiger partial charge in [0.25, 0.3) is 10.6 Å². The first-order valence-electron chi connectivity index (χ1n) is 3.50. The lowest BCUT2D eigenvalue weighted by Gasteiger charge is -2.08. The maximum atomic E-state index is 10.4. The molecular formula is C6H9BrN2O4. The van der Waals surface area contributed by atoms with Crippen LogP contribution in [0, 0.1) is 26.1 Å². The third-order valence-electron chi connectivity index (χ3n) is 1.59. The van der Waals surface area contributed by atoms with Crippen molar-refractivity contribution < 1.29 is 9.85 Å². The van der Waals surface area contributed by atoms with Crippen LogP contribution in [0.5, 0.6) is 0 Å². The molecule has 0 aliphatic heterocycles. The minimum absolute atomic E-state index is 0.154. The second-order valence-electron chi connectivity index (χ2n) is 2.42. The molecule has 0 heterocycles. The Morgan fingerprint density at radius 2 is 1.92 bits per heavy atom. The summed E-state index contributed by atoms with van der Waals surface area (Å²) in [6, 6.07) is 0. The number of hydrogen-bond acceptors (Lipinski definition) is 4. The van der Waals surface area contributed by atoms with Crippen LogP contribution in [0.4, 0.5) is 0 Å². The van der Waals surface area contributed by atoms with E-state index in [4.69, 9.17) is 0 Å². The third-order valence-corrected chi connectivity index (χ3v) is 2.71. The Morgan fingerprint density at radius 3 is 2.15 bits per heavy atom. The number of nitrogens with zero attached hydrogens (tertiary/aromatic N) is 2. The van der Waals surface area contributed by atoms with E-state index in [0.29, 0.717) is 0 Å².